The maximum absolute atomic E-state index is 12.9. The molecule has 4 aromatic rings. The molecule has 1 aliphatic rings. The van der Waals surface area contributed by atoms with Crippen LogP contribution in [0.2, 0.25) is 0 Å². The lowest BCUT2D eigenvalue weighted by Crippen LogP contribution is -2.38. The number of carbonyl (C=O) groups excluding carboxylic acids is 1. The van der Waals surface area contributed by atoms with Crippen LogP contribution in [0.4, 0.5) is 17.5 Å². The summed E-state index contributed by atoms with van der Waals surface area (Å²) in [5.74, 6) is 2.13. The smallest absolute Gasteiger partial charge is 0.264 e. The fourth-order valence-corrected chi connectivity index (χ4v) is 5.08. The largest absolute Gasteiger partial charge is 0.356 e. The van der Waals surface area contributed by atoms with Crippen LogP contribution in [-0.4, -0.2) is 56.9 Å². The van der Waals surface area contributed by atoms with Gasteiger partial charge in [-0.05, 0) is 50.1 Å². The van der Waals surface area contributed by atoms with Gasteiger partial charge >= 0.3 is 0 Å². The van der Waals surface area contributed by atoms with Crippen LogP contribution < -0.4 is 14.9 Å². The Balaban J connectivity index is 1.17. The summed E-state index contributed by atoms with van der Waals surface area (Å²) in [6.45, 7) is 3.28. The molecule has 0 atom stereocenters. The number of benzene rings is 1. The minimum Gasteiger partial charge on any atom is -0.356 e. The number of aromatic nitrogens is 6. The van der Waals surface area contributed by atoms with Gasteiger partial charge in [-0.1, -0.05) is 0 Å². The summed E-state index contributed by atoms with van der Waals surface area (Å²) in [6, 6.07) is 9.50. The fourth-order valence-electron chi connectivity index (χ4n) is 4.13. The SMILES string of the molecule is Cc1nccn1-c1cc(N2CCC(C(=O)Nc3ccc(S(=O)(=O)Nc4ncccn4)cc3)CC2)ncn1. The zero-order valence-corrected chi connectivity index (χ0v) is 20.8. The molecule has 1 saturated heterocycles. The van der Waals surface area contributed by atoms with E-state index in [0.29, 0.717) is 31.6 Å². The first-order chi connectivity index (χ1) is 17.9. The Bertz CT molecular complexity index is 1480. The Hall–Kier alpha value is -4.39. The van der Waals surface area contributed by atoms with Crippen molar-refractivity contribution in [2.24, 2.45) is 5.92 Å². The predicted octanol–water partition coefficient (Wildman–Crippen LogP) is 2.42. The summed E-state index contributed by atoms with van der Waals surface area (Å²) in [4.78, 5) is 35.8. The molecular weight excluding hydrogens is 494 g/mol. The molecule has 1 aromatic carbocycles. The molecule has 37 heavy (non-hydrogen) atoms. The lowest BCUT2D eigenvalue weighted by Gasteiger charge is -2.32. The van der Waals surface area contributed by atoms with Crippen LogP contribution in [0.1, 0.15) is 18.7 Å². The fraction of sp³-hybridized carbons (Fsp3) is 0.250. The van der Waals surface area contributed by atoms with Crippen molar-refractivity contribution in [1.82, 2.24) is 29.5 Å². The molecule has 4 heterocycles. The summed E-state index contributed by atoms with van der Waals surface area (Å²) >= 11 is 0. The lowest BCUT2D eigenvalue weighted by molar-refractivity contribution is -0.120. The zero-order valence-electron chi connectivity index (χ0n) is 20.0. The van der Waals surface area contributed by atoms with Crippen LogP contribution in [0, 0.1) is 12.8 Å². The summed E-state index contributed by atoms with van der Waals surface area (Å²) in [5, 5.41) is 2.90. The number of hydrogen-bond acceptors (Lipinski definition) is 9. The number of piperidine rings is 1. The van der Waals surface area contributed by atoms with Gasteiger partial charge in [-0.3, -0.25) is 9.36 Å². The molecule has 0 aliphatic carbocycles. The number of anilines is 3. The topological polar surface area (TPSA) is 148 Å². The molecule has 13 heteroatoms. The van der Waals surface area contributed by atoms with E-state index in [-0.39, 0.29) is 22.7 Å². The van der Waals surface area contributed by atoms with Crippen molar-refractivity contribution in [1.29, 1.82) is 0 Å². The summed E-state index contributed by atoms with van der Waals surface area (Å²) in [6.07, 6.45) is 9.35. The van der Waals surface area contributed by atoms with Crippen LogP contribution in [0.25, 0.3) is 5.82 Å². The van der Waals surface area contributed by atoms with Crippen molar-refractivity contribution in [2.75, 3.05) is 28.0 Å². The molecule has 12 nitrogen and oxygen atoms in total. The van der Waals surface area contributed by atoms with Crippen molar-refractivity contribution in [3.63, 3.8) is 0 Å². The van der Waals surface area contributed by atoms with Gasteiger partial charge in [-0.2, -0.15) is 0 Å². The molecule has 0 spiro atoms. The quantitative estimate of drug-likeness (QED) is 0.375. The zero-order chi connectivity index (χ0) is 25.8. The number of hydrogen-bond donors (Lipinski definition) is 2. The maximum Gasteiger partial charge on any atom is 0.264 e. The average Bonchev–Trinajstić information content (AvgIpc) is 3.35. The summed E-state index contributed by atoms with van der Waals surface area (Å²) in [7, 11) is -3.84. The minimum absolute atomic E-state index is 0.0127. The molecule has 0 saturated carbocycles. The third-order valence-electron chi connectivity index (χ3n) is 6.12. The van der Waals surface area contributed by atoms with Crippen LogP contribution in [0.15, 0.2) is 72.4 Å². The molecule has 5 rings (SSSR count). The number of aryl methyl sites for hydroxylation is 1. The number of amides is 1. The van der Waals surface area contributed by atoms with Crippen LogP contribution in [0.5, 0.6) is 0 Å². The Morgan fingerprint density at radius 1 is 0.946 bits per heavy atom. The normalized spacial score (nSPS) is 14.4. The average molecular weight is 520 g/mol. The Morgan fingerprint density at radius 2 is 1.65 bits per heavy atom. The lowest BCUT2D eigenvalue weighted by atomic mass is 9.96. The second-order valence-electron chi connectivity index (χ2n) is 8.53. The number of rotatable bonds is 7. The van der Waals surface area contributed by atoms with Gasteiger partial charge in [0.15, 0.2) is 0 Å². The van der Waals surface area contributed by atoms with Gasteiger partial charge in [0.2, 0.25) is 11.9 Å². The van der Waals surface area contributed by atoms with Gasteiger partial charge in [0, 0.05) is 55.5 Å². The van der Waals surface area contributed by atoms with E-state index in [4.69, 9.17) is 0 Å². The number of nitrogens with zero attached hydrogens (tertiary/aromatic N) is 7. The highest BCUT2D eigenvalue weighted by Crippen LogP contribution is 2.25. The van der Waals surface area contributed by atoms with E-state index in [1.54, 1.807) is 24.4 Å². The Kier molecular flexibility index (Phi) is 6.77. The van der Waals surface area contributed by atoms with E-state index < -0.39 is 10.0 Å². The van der Waals surface area contributed by atoms with Crippen LogP contribution in [0.3, 0.4) is 0 Å². The van der Waals surface area contributed by atoms with E-state index >= 15 is 0 Å². The number of sulfonamides is 1. The minimum atomic E-state index is -3.84. The van der Waals surface area contributed by atoms with Gasteiger partial charge < -0.3 is 10.2 Å². The molecule has 0 radical (unpaired) electrons. The van der Waals surface area contributed by atoms with Gasteiger partial charge in [0.05, 0.1) is 4.90 Å². The standard InChI is InChI=1S/C24H25N9O3S/c1-17-25-11-14-33(17)22-15-21(28-16-29-22)32-12-7-18(8-13-32)23(34)30-19-3-5-20(6-4-19)37(35,36)31-24-26-9-2-10-27-24/h2-6,9-11,14-16,18H,7-8,12-13H2,1H3,(H,30,34)(H,26,27,31). The highest BCUT2D eigenvalue weighted by atomic mass is 32.2. The molecule has 0 bridgehead atoms. The van der Waals surface area contributed by atoms with Crippen molar-refractivity contribution >= 4 is 33.4 Å². The molecular formula is C24H25N9O3S. The third-order valence-corrected chi connectivity index (χ3v) is 7.47. The molecule has 1 aliphatic heterocycles. The Morgan fingerprint density at radius 3 is 2.32 bits per heavy atom. The summed E-state index contributed by atoms with van der Waals surface area (Å²) in [5.41, 5.74) is 0.526. The molecule has 3 aromatic heterocycles. The van der Waals surface area contributed by atoms with Crippen molar-refractivity contribution in [3.05, 3.63) is 73.3 Å². The number of imidazole rings is 1. The van der Waals surface area contributed by atoms with Crippen molar-refractivity contribution in [3.8, 4) is 5.82 Å². The highest BCUT2D eigenvalue weighted by molar-refractivity contribution is 7.92. The summed E-state index contributed by atoms with van der Waals surface area (Å²) < 4.78 is 29.3. The van der Waals surface area contributed by atoms with Gasteiger partial charge in [0.25, 0.3) is 10.0 Å². The van der Waals surface area contributed by atoms with E-state index in [0.717, 1.165) is 17.5 Å². The first-order valence-corrected chi connectivity index (χ1v) is 13.2. The second-order valence-corrected chi connectivity index (χ2v) is 10.2. The molecule has 0 unspecified atom stereocenters. The van der Waals surface area contributed by atoms with E-state index in [1.165, 1.54) is 30.9 Å². The third kappa shape index (κ3) is 5.56. The second kappa shape index (κ2) is 10.3. The first kappa shape index (κ1) is 24.3. The molecule has 2 N–H and O–H groups in total. The molecule has 190 valence electrons. The van der Waals surface area contributed by atoms with Crippen molar-refractivity contribution < 1.29 is 13.2 Å². The number of carbonyl (C=O) groups is 1. The van der Waals surface area contributed by atoms with Gasteiger partial charge in [0.1, 0.15) is 23.8 Å². The maximum atomic E-state index is 12.9. The van der Waals surface area contributed by atoms with Crippen LogP contribution >= 0.6 is 0 Å². The predicted molar refractivity (Wildman–Crippen MR) is 137 cm³/mol. The molecule has 1 fully saturated rings. The monoisotopic (exact) mass is 519 g/mol. The van der Waals surface area contributed by atoms with Crippen LogP contribution in [-0.2, 0) is 14.8 Å². The number of nitrogens with one attached hydrogen (secondary N) is 2. The highest BCUT2D eigenvalue weighted by Gasteiger charge is 2.26. The van der Waals surface area contributed by atoms with E-state index in [2.05, 4.69) is 39.9 Å². The molecule has 1 amide bonds. The van der Waals surface area contributed by atoms with E-state index in [9.17, 15) is 13.2 Å². The van der Waals surface area contributed by atoms with Gasteiger partial charge in [-0.15, -0.1) is 0 Å². The van der Waals surface area contributed by atoms with Gasteiger partial charge in [-0.25, -0.2) is 38.1 Å². The van der Waals surface area contributed by atoms with Crippen molar-refractivity contribution in [2.45, 2.75) is 24.7 Å². The first-order valence-electron chi connectivity index (χ1n) is 11.7. The van der Waals surface area contributed by atoms with E-state index in [1.807, 2.05) is 23.8 Å². The Labute approximate surface area is 213 Å².